The first-order valence-corrected chi connectivity index (χ1v) is 4.81. The number of nitrogens with zero attached hydrogens (tertiary/aromatic N) is 1. The Balaban J connectivity index is 2.63. The normalized spacial score (nSPS) is 10.1. The van der Waals surface area contributed by atoms with Crippen LogP contribution in [0.2, 0.25) is 10.0 Å². The van der Waals surface area contributed by atoms with E-state index in [1.54, 1.807) is 24.4 Å². The maximum absolute atomic E-state index is 6.04. The van der Waals surface area contributed by atoms with Crippen LogP contribution >= 0.6 is 23.2 Å². The molecule has 0 atom stereocenters. The molecule has 0 spiro atoms. The molecule has 1 nitrogen and oxygen atoms in total. The second-order valence-electron chi connectivity index (χ2n) is 2.77. The predicted octanol–water partition coefficient (Wildman–Crippen LogP) is 3.86. The monoisotopic (exact) mass is 222 g/mol. The molecule has 0 fully saturated rings. The van der Waals surface area contributed by atoms with Gasteiger partial charge in [0.05, 0.1) is 6.20 Å². The maximum atomic E-state index is 6.04. The average Bonchev–Trinajstić information content (AvgIpc) is 2.19. The Hall–Kier alpha value is -1.05. The van der Waals surface area contributed by atoms with E-state index in [0.717, 1.165) is 11.1 Å². The first-order valence-electron chi connectivity index (χ1n) is 4.05. The highest BCUT2D eigenvalue weighted by atomic mass is 35.5. The fourth-order valence-corrected chi connectivity index (χ4v) is 1.86. The van der Waals surface area contributed by atoms with Crippen LogP contribution in [0.4, 0.5) is 0 Å². The van der Waals surface area contributed by atoms with E-state index in [2.05, 4.69) is 11.2 Å². The fraction of sp³-hybridized carbons (Fsp3) is 0. The molecule has 0 bridgehead atoms. The lowest BCUT2D eigenvalue weighted by atomic mass is 10.1. The molecule has 14 heavy (non-hydrogen) atoms. The van der Waals surface area contributed by atoms with Crippen molar-refractivity contribution < 1.29 is 0 Å². The van der Waals surface area contributed by atoms with Gasteiger partial charge in [-0.1, -0.05) is 35.3 Å². The highest BCUT2D eigenvalue weighted by Crippen LogP contribution is 2.33. The maximum Gasteiger partial charge on any atom is 0.0886 e. The van der Waals surface area contributed by atoms with Crippen molar-refractivity contribution >= 4 is 23.2 Å². The van der Waals surface area contributed by atoms with Gasteiger partial charge in [0.25, 0.3) is 0 Å². The second-order valence-corrected chi connectivity index (χ2v) is 3.59. The van der Waals surface area contributed by atoms with Crippen LogP contribution < -0.4 is 0 Å². The van der Waals surface area contributed by atoms with E-state index in [-0.39, 0.29) is 0 Å². The summed E-state index contributed by atoms with van der Waals surface area (Å²) >= 11 is 12.1. The predicted molar refractivity (Wildman–Crippen MR) is 58.5 cm³/mol. The highest BCUT2D eigenvalue weighted by Gasteiger charge is 2.07. The van der Waals surface area contributed by atoms with E-state index < -0.39 is 0 Å². The summed E-state index contributed by atoms with van der Waals surface area (Å²) < 4.78 is 0. The van der Waals surface area contributed by atoms with Gasteiger partial charge in [-0.05, 0) is 18.2 Å². The lowest BCUT2D eigenvalue weighted by molar-refractivity contribution is 1.31. The van der Waals surface area contributed by atoms with Crippen molar-refractivity contribution in [3.63, 3.8) is 0 Å². The van der Waals surface area contributed by atoms with Gasteiger partial charge in [0.2, 0.25) is 0 Å². The van der Waals surface area contributed by atoms with Gasteiger partial charge in [0, 0.05) is 27.4 Å². The van der Waals surface area contributed by atoms with Crippen LogP contribution in [0.25, 0.3) is 11.1 Å². The zero-order valence-electron chi connectivity index (χ0n) is 7.17. The Morgan fingerprint density at radius 3 is 2.36 bits per heavy atom. The topological polar surface area (TPSA) is 12.9 Å². The van der Waals surface area contributed by atoms with Crippen LogP contribution in [-0.2, 0) is 0 Å². The second kappa shape index (κ2) is 3.99. The van der Waals surface area contributed by atoms with E-state index in [4.69, 9.17) is 23.2 Å². The van der Waals surface area contributed by atoms with E-state index in [9.17, 15) is 0 Å². The Labute approximate surface area is 92.3 Å². The van der Waals surface area contributed by atoms with Gasteiger partial charge < -0.3 is 0 Å². The molecule has 1 radical (unpaired) electrons. The largest absolute Gasteiger partial charge is 0.254 e. The number of hydrogen-bond acceptors (Lipinski definition) is 1. The van der Waals surface area contributed by atoms with Crippen molar-refractivity contribution in [1.82, 2.24) is 4.98 Å². The van der Waals surface area contributed by atoms with E-state index >= 15 is 0 Å². The Kier molecular flexibility index (Phi) is 2.71. The molecule has 69 valence electrons. The average molecular weight is 223 g/mol. The molecule has 2 rings (SSSR count). The van der Waals surface area contributed by atoms with Gasteiger partial charge in [-0.15, -0.1) is 0 Å². The minimum Gasteiger partial charge on any atom is -0.254 e. The van der Waals surface area contributed by atoms with Crippen molar-refractivity contribution in [2.45, 2.75) is 0 Å². The number of hydrogen-bond donors (Lipinski definition) is 0. The molecule has 3 heteroatoms. The fourth-order valence-electron chi connectivity index (χ4n) is 1.24. The molecule has 0 unspecified atom stereocenters. The van der Waals surface area contributed by atoms with Crippen LogP contribution in [0.15, 0.2) is 36.5 Å². The van der Waals surface area contributed by atoms with Gasteiger partial charge in [0.1, 0.15) is 0 Å². The molecule has 0 aliphatic heterocycles. The van der Waals surface area contributed by atoms with Crippen molar-refractivity contribution in [2.24, 2.45) is 0 Å². The molecular formula is C11H6Cl2N. The summed E-state index contributed by atoms with van der Waals surface area (Å²) in [4.78, 5) is 3.90. The summed E-state index contributed by atoms with van der Waals surface area (Å²) in [5.74, 6) is 0. The zero-order valence-corrected chi connectivity index (χ0v) is 8.68. The third-order valence-corrected chi connectivity index (χ3v) is 2.50. The van der Waals surface area contributed by atoms with Gasteiger partial charge in [-0.2, -0.15) is 0 Å². The summed E-state index contributed by atoms with van der Waals surface area (Å²) in [6, 6.07) is 9.03. The van der Waals surface area contributed by atoms with Gasteiger partial charge in [-0.3, -0.25) is 4.98 Å². The lowest BCUT2D eigenvalue weighted by Crippen LogP contribution is -1.82. The lowest BCUT2D eigenvalue weighted by Gasteiger charge is -2.05. The summed E-state index contributed by atoms with van der Waals surface area (Å²) in [5, 5.41) is 1.26. The number of benzene rings is 1. The van der Waals surface area contributed by atoms with Crippen LogP contribution in [0, 0.1) is 6.20 Å². The summed E-state index contributed by atoms with van der Waals surface area (Å²) in [6.07, 6.45) is 4.39. The summed E-state index contributed by atoms with van der Waals surface area (Å²) in [7, 11) is 0. The molecule has 1 aromatic heterocycles. The van der Waals surface area contributed by atoms with Gasteiger partial charge in [-0.25, -0.2) is 0 Å². The van der Waals surface area contributed by atoms with Crippen molar-refractivity contribution in [2.75, 3.05) is 0 Å². The first-order chi connectivity index (χ1) is 6.79. The molecule has 0 saturated heterocycles. The number of aromatic nitrogens is 1. The quantitative estimate of drug-likeness (QED) is 0.715. The molecule has 0 saturated carbocycles. The minimum atomic E-state index is 0.630. The first kappa shape index (κ1) is 9.50. The smallest absolute Gasteiger partial charge is 0.0886 e. The molecule has 2 aromatic rings. The molecular weight excluding hydrogens is 217 g/mol. The van der Waals surface area contributed by atoms with E-state index in [0.29, 0.717) is 10.0 Å². The molecule has 1 aromatic carbocycles. The SMILES string of the molecule is Clc1cccc(Cl)c1-c1cc[c]nc1. The van der Waals surface area contributed by atoms with Crippen LogP contribution in [-0.4, -0.2) is 4.98 Å². The van der Waals surface area contributed by atoms with Crippen molar-refractivity contribution in [1.29, 1.82) is 0 Å². The Morgan fingerprint density at radius 2 is 1.79 bits per heavy atom. The molecule has 0 N–H and O–H groups in total. The highest BCUT2D eigenvalue weighted by molar-refractivity contribution is 6.39. The van der Waals surface area contributed by atoms with Crippen LogP contribution in [0.1, 0.15) is 0 Å². The Morgan fingerprint density at radius 1 is 1.07 bits per heavy atom. The van der Waals surface area contributed by atoms with E-state index in [1.165, 1.54) is 0 Å². The van der Waals surface area contributed by atoms with Crippen LogP contribution in [0.3, 0.4) is 0 Å². The molecule has 0 aliphatic carbocycles. The molecule has 0 amide bonds. The molecule has 1 heterocycles. The molecule has 0 aliphatic rings. The summed E-state index contributed by atoms with van der Waals surface area (Å²) in [6.45, 7) is 0. The number of rotatable bonds is 1. The number of pyridine rings is 1. The third kappa shape index (κ3) is 1.74. The third-order valence-electron chi connectivity index (χ3n) is 1.87. The number of halogens is 2. The standard InChI is InChI=1S/C11H6Cl2N/c12-9-4-1-5-10(13)11(9)8-3-2-6-14-7-8/h1-5,7H. The minimum absolute atomic E-state index is 0.630. The zero-order chi connectivity index (χ0) is 9.97. The van der Waals surface area contributed by atoms with Gasteiger partial charge >= 0.3 is 0 Å². The van der Waals surface area contributed by atoms with Crippen LogP contribution in [0.5, 0.6) is 0 Å². The Bertz CT molecular complexity index is 420. The van der Waals surface area contributed by atoms with E-state index in [1.807, 2.05) is 12.1 Å². The summed E-state index contributed by atoms with van der Waals surface area (Å²) in [5.41, 5.74) is 1.72. The van der Waals surface area contributed by atoms with Crippen molar-refractivity contribution in [3.8, 4) is 11.1 Å². The van der Waals surface area contributed by atoms with Gasteiger partial charge in [0.15, 0.2) is 0 Å². The van der Waals surface area contributed by atoms with Crippen molar-refractivity contribution in [3.05, 3.63) is 52.8 Å².